The molecule has 0 amide bonds. The molecule has 0 spiro atoms. The lowest BCUT2D eigenvalue weighted by Crippen LogP contribution is -2.15. The van der Waals surface area contributed by atoms with Crippen LogP contribution in [0.2, 0.25) is 0 Å². The number of carbonyl (C=O) groups is 1. The summed E-state index contributed by atoms with van der Waals surface area (Å²) in [6.07, 6.45) is 0. The lowest BCUT2D eigenvalue weighted by molar-refractivity contribution is -0.142. The molecule has 0 saturated carbocycles. The fourth-order valence-electron chi connectivity index (χ4n) is 0.858. The molecule has 8 heteroatoms. The predicted molar refractivity (Wildman–Crippen MR) is 64.1 cm³/mol. The van der Waals surface area contributed by atoms with Crippen molar-refractivity contribution in [1.29, 1.82) is 0 Å². The Bertz CT molecular complexity index is 336. The highest BCUT2D eigenvalue weighted by atomic mass is 32.2. The quantitative estimate of drug-likeness (QED) is 0.490. The van der Waals surface area contributed by atoms with Gasteiger partial charge in [-0.25, -0.2) is 13.2 Å². The Kier molecular flexibility index (Phi) is 9.47. The van der Waals surface area contributed by atoms with Crippen molar-refractivity contribution in [1.82, 2.24) is 0 Å². The molecule has 0 aromatic rings. The second kappa shape index (κ2) is 10.0. The predicted octanol–water partition coefficient (Wildman–Crippen LogP) is -0.321. The van der Waals surface area contributed by atoms with Crippen molar-refractivity contribution in [2.75, 3.05) is 45.4 Å². The van der Waals surface area contributed by atoms with Crippen molar-refractivity contribution in [3.63, 3.8) is 0 Å². The smallest absolute Gasteiger partial charge is 0.329 e. The van der Waals surface area contributed by atoms with Gasteiger partial charge in [0.1, 0.15) is 6.61 Å². The zero-order valence-electron chi connectivity index (χ0n) is 10.0. The van der Waals surface area contributed by atoms with Crippen LogP contribution >= 0.6 is 0 Å². The average molecular weight is 282 g/mol. The largest absolute Gasteiger partial charge is 0.480 e. The normalized spacial score (nSPS) is 11.3. The van der Waals surface area contributed by atoms with Crippen molar-refractivity contribution in [2.45, 2.75) is 0 Å². The molecular formula is C10H18O7S. The Hall–Kier alpha value is -0.960. The van der Waals surface area contributed by atoms with Crippen LogP contribution in [-0.2, 0) is 28.8 Å². The molecule has 0 fully saturated rings. The first-order chi connectivity index (χ1) is 8.48. The maximum atomic E-state index is 11.0. The van der Waals surface area contributed by atoms with Gasteiger partial charge in [0.2, 0.25) is 0 Å². The summed E-state index contributed by atoms with van der Waals surface area (Å²) in [7, 11) is -3.21. The summed E-state index contributed by atoms with van der Waals surface area (Å²) < 4.78 is 36.8. The van der Waals surface area contributed by atoms with Crippen LogP contribution in [-0.4, -0.2) is 64.9 Å². The van der Waals surface area contributed by atoms with Gasteiger partial charge < -0.3 is 19.3 Å². The third-order valence-electron chi connectivity index (χ3n) is 1.74. The van der Waals surface area contributed by atoms with Crippen LogP contribution in [0, 0.1) is 0 Å². The molecule has 0 radical (unpaired) electrons. The zero-order valence-corrected chi connectivity index (χ0v) is 10.9. The summed E-state index contributed by atoms with van der Waals surface area (Å²) in [5, 5.41) is 9.15. The summed E-state index contributed by atoms with van der Waals surface area (Å²) in [6.45, 7) is 3.94. The molecule has 7 nitrogen and oxygen atoms in total. The fourth-order valence-corrected chi connectivity index (χ4v) is 1.37. The van der Waals surface area contributed by atoms with Gasteiger partial charge in [0.15, 0.2) is 9.84 Å². The molecule has 0 heterocycles. The van der Waals surface area contributed by atoms with E-state index in [0.717, 1.165) is 5.41 Å². The van der Waals surface area contributed by atoms with E-state index in [2.05, 4.69) is 6.58 Å². The van der Waals surface area contributed by atoms with Crippen LogP contribution in [0.4, 0.5) is 0 Å². The monoisotopic (exact) mass is 282 g/mol. The van der Waals surface area contributed by atoms with Gasteiger partial charge in [-0.3, -0.25) is 0 Å². The zero-order chi connectivity index (χ0) is 13.9. The summed E-state index contributed by atoms with van der Waals surface area (Å²) >= 11 is 0. The minimum Gasteiger partial charge on any atom is -0.480 e. The van der Waals surface area contributed by atoms with Crippen LogP contribution in [0.15, 0.2) is 12.0 Å². The van der Waals surface area contributed by atoms with Crippen LogP contribution in [0.3, 0.4) is 0 Å². The summed E-state index contributed by atoms with van der Waals surface area (Å²) in [6, 6.07) is 0. The molecule has 0 rings (SSSR count). The SMILES string of the molecule is C=CS(=O)(=O)CCOCCOCCOCC(=O)O. The minimum absolute atomic E-state index is 0.0905. The van der Waals surface area contributed by atoms with E-state index in [1.807, 2.05) is 0 Å². The van der Waals surface area contributed by atoms with Gasteiger partial charge in [0, 0.05) is 5.41 Å². The molecule has 106 valence electrons. The van der Waals surface area contributed by atoms with E-state index in [-0.39, 0.29) is 38.8 Å². The Labute approximate surface area is 106 Å². The first-order valence-corrected chi connectivity index (χ1v) is 6.99. The van der Waals surface area contributed by atoms with Gasteiger partial charge in [0.05, 0.1) is 38.8 Å². The molecule has 1 N–H and O–H groups in total. The number of rotatable bonds is 12. The van der Waals surface area contributed by atoms with E-state index in [0.29, 0.717) is 6.61 Å². The number of carboxylic acids is 1. The van der Waals surface area contributed by atoms with Gasteiger partial charge in [0.25, 0.3) is 0 Å². The maximum absolute atomic E-state index is 11.0. The lowest BCUT2D eigenvalue weighted by atomic mass is 10.7. The highest BCUT2D eigenvalue weighted by Gasteiger charge is 2.03. The maximum Gasteiger partial charge on any atom is 0.329 e. The topological polar surface area (TPSA) is 99.1 Å². The van der Waals surface area contributed by atoms with Crippen LogP contribution < -0.4 is 0 Å². The van der Waals surface area contributed by atoms with Gasteiger partial charge in [-0.2, -0.15) is 0 Å². The van der Waals surface area contributed by atoms with Crippen molar-refractivity contribution in [3.8, 4) is 0 Å². The number of ether oxygens (including phenoxy) is 3. The summed E-state index contributed by atoms with van der Waals surface area (Å²) in [4.78, 5) is 10.1. The van der Waals surface area contributed by atoms with Gasteiger partial charge in [-0.15, -0.1) is 0 Å². The molecule has 0 aromatic heterocycles. The number of hydrogen-bond acceptors (Lipinski definition) is 6. The van der Waals surface area contributed by atoms with Crippen molar-refractivity contribution in [3.05, 3.63) is 12.0 Å². The number of aliphatic carboxylic acids is 1. The average Bonchev–Trinajstić information content (AvgIpc) is 2.31. The molecule has 18 heavy (non-hydrogen) atoms. The van der Waals surface area contributed by atoms with Gasteiger partial charge in [-0.1, -0.05) is 6.58 Å². The molecule has 0 saturated heterocycles. The molecular weight excluding hydrogens is 264 g/mol. The Morgan fingerprint density at radius 1 is 1.06 bits per heavy atom. The van der Waals surface area contributed by atoms with Crippen LogP contribution in [0.25, 0.3) is 0 Å². The summed E-state index contributed by atoms with van der Waals surface area (Å²) in [5.74, 6) is -1.13. The van der Waals surface area contributed by atoms with E-state index in [9.17, 15) is 13.2 Å². The highest BCUT2D eigenvalue weighted by molar-refractivity contribution is 7.94. The second-order valence-electron chi connectivity index (χ2n) is 3.20. The standard InChI is InChI=1S/C10H18O7S/c1-2-18(13,14)8-7-16-4-3-15-5-6-17-9-10(11)12/h2H,1,3-9H2,(H,11,12). The number of carboxylic acid groups (broad SMARTS) is 1. The van der Waals surface area contributed by atoms with E-state index in [4.69, 9.17) is 19.3 Å². The molecule has 0 bridgehead atoms. The van der Waals surface area contributed by atoms with Crippen molar-refractivity contribution < 1.29 is 32.5 Å². The Morgan fingerprint density at radius 2 is 1.56 bits per heavy atom. The Morgan fingerprint density at radius 3 is 2.06 bits per heavy atom. The first-order valence-electron chi connectivity index (χ1n) is 5.28. The van der Waals surface area contributed by atoms with E-state index < -0.39 is 15.8 Å². The van der Waals surface area contributed by atoms with Gasteiger partial charge in [-0.05, 0) is 0 Å². The van der Waals surface area contributed by atoms with Crippen molar-refractivity contribution >= 4 is 15.8 Å². The third-order valence-corrected chi connectivity index (χ3v) is 2.98. The van der Waals surface area contributed by atoms with Crippen LogP contribution in [0.1, 0.15) is 0 Å². The molecule has 0 aliphatic heterocycles. The second-order valence-corrected chi connectivity index (χ2v) is 5.27. The van der Waals surface area contributed by atoms with Gasteiger partial charge >= 0.3 is 5.97 Å². The molecule has 0 aromatic carbocycles. The molecule has 0 atom stereocenters. The summed E-state index contributed by atoms with van der Waals surface area (Å²) in [5.41, 5.74) is 0. The molecule has 0 unspecified atom stereocenters. The number of sulfone groups is 1. The first kappa shape index (κ1) is 17.0. The molecule has 0 aliphatic carbocycles. The minimum atomic E-state index is -3.21. The Balaban J connectivity index is 3.22. The third kappa shape index (κ3) is 11.5. The van der Waals surface area contributed by atoms with Crippen LogP contribution in [0.5, 0.6) is 0 Å². The fraction of sp³-hybridized carbons (Fsp3) is 0.700. The van der Waals surface area contributed by atoms with E-state index >= 15 is 0 Å². The molecule has 0 aliphatic rings. The highest BCUT2D eigenvalue weighted by Crippen LogP contribution is 1.90. The van der Waals surface area contributed by atoms with E-state index in [1.54, 1.807) is 0 Å². The number of hydrogen-bond donors (Lipinski definition) is 1. The van der Waals surface area contributed by atoms with E-state index in [1.165, 1.54) is 0 Å². The van der Waals surface area contributed by atoms with Crippen molar-refractivity contribution in [2.24, 2.45) is 0 Å². The lowest BCUT2D eigenvalue weighted by Gasteiger charge is -2.05.